The standard InChI is InChI=1S/C28H28N4O4/c1-16-6-5-7-22-26(16)21(15-29-22)18(3)31-23-13-8-17(2)30-27(23)32(28(31)35)24(14-25(33)34)19-9-11-20(36-4)12-10-19/h5-13,15,18,24,29H,14H2,1-4H3,(H,33,34). The van der Waals surface area contributed by atoms with Crippen LogP contribution in [0.15, 0.2) is 65.6 Å². The Labute approximate surface area is 207 Å². The Kier molecular flexibility index (Phi) is 5.88. The maximum Gasteiger partial charge on any atom is 0.331 e. The number of imidazole rings is 1. The molecule has 5 aromatic rings. The van der Waals surface area contributed by atoms with Crippen molar-refractivity contribution in [1.82, 2.24) is 19.1 Å². The van der Waals surface area contributed by atoms with Crippen LogP contribution < -0.4 is 10.4 Å². The monoisotopic (exact) mass is 484 g/mol. The molecule has 0 aliphatic rings. The number of fused-ring (bicyclic) bond motifs is 2. The number of hydrogen-bond donors (Lipinski definition) is 2. The Hall–Kier alpha value is -4.33. The zero-order chi connectivity index (χ0) is 25.6. The van der Waals surface area contributed by atoms with Crippen LogP contribution in [0.3, 0.4) is 0 Å². The molecular weight excluding hydrogens is 456 g/mol. The minimum Gasteiger partial charge on any atom is -0.497 e. The van der Waals surface area contributed by atoms with Crippen molar-refractivity contribution in [3.8, 4) is 5.75 Å². The third-order valence-electron chi connectivity index (χ3n) is 6.86. The SMILES string of the molecule is COc1ccc(C(CC(=O)O)n2c(=O)n(C(C)c3c[nH]c4cccc(C)c34)c3ccc(C)nc32)cc1. The van der Waals surface area contributed by atoms with Gasteiger partial charge in [-0.05, 0) is 62.2 Å². The number of benzene rings is 2. The fraction of sp³-hybridized carbons (Fsp3) is 0.250. The summed E-state index contributed by atoms with van der Waals surface area (Å²) in [6, 6.07) is 15.9. The summed E-state index contributed by atoms with van der Waals surface area (Å²) in [6.07, 6.45) is 1.68. The Morgan fingerprint density at radius 3 is 2.53 bits per heavy atom. The van der Waals surface area contributed by atoms with Crippen LogP contribution >= 0.6 is 0 Å². The number of carboxylic acid groups (broad SMARTS) is 1. The lowest BCUT2D eigenvalue weighted by atomic mass is 10.0. The number of H-pyrrole nitrogens is 1. The number of aromatic amines is 1. The minimum atomic E-state index is -1.00. The smallest absolute Gasteiger partial charge is 0.331 e. The Balaban J connectivity index is 1.76. The number of nitrogens with one attached hydrogen (secondary N) is 1. The van der Waals surface area contributed by atoms with Crippen molar-refractivity contribution in [2.24, 2.45) is 0 Å². The average molecular weight is 485 g/mol. The van der Waals surface area contributed by atoms with Crippen LogP contribution in [0.5, 0.6) is 5.75 Å². The van der Waals surface area contributed by atoms with E-state index in [0.29, 0.717) is 22.5 Å². The van der Waals surface area contributed by atoms with Crippen LogP contribution in [0.1, 0.15) is 47.8 Å². The predicted molar refractivity (Wildman–Crippen MR) is 139 cm³/mol. The summed E-state index contributed by atoms with van der Waals surface area (Å²) in [4.78, 5) is 34.1. The van der Waals surface area contributed by atoms with Gasteiger partial charge in [0.25, 0.3) is 0 Å². The Bertz CT molecular complexity index is 1640. The van der Waals surface area contributed by atoms with Crippen molar-refractivity contribution in [1.29, 1.82) is 0 Å². The van der Waals surface area contributed by atoms with Crippen molar-refractivity contribution in [2.75, 3.05) is 7.11 Å². The van der Waals surface area contributed by atoms with E-state index < -0.39 is 12.0 Å². The van der Waals surface area contributed by atoms with Crippen LogP contribution in [-0.2, 0) is 4.79 Å². The summed E-state index contributed by atoms with van der Waals surface area (Å²) in [6.45, 7) is 5.90. The molecule has 184 valence electrons. The molecule has 0 aliphatic carbocycles. The van der Waals surface area contributed by atoms with Gasteiger partial charge < -0.3 is 14.8 Å². The maximum atomic E-state index is 14.1. The molecule has 36 heavy (non-hydrogen) atoms. The number of nitrogens with zero attached hydrogens (tertiary/aromatic N) is 3. The number of carbonyl (C=O) groups is 1. The molecule has 0 saturated carbocycles. The zero-order valence-electron chi connectivity index (χ0n) is 20.6. The molecule has 3 heterocycles. The van der Waals surface area contributed by atoms with Crippen molar-refractivity contribution in [3.63, 3.8) is 0 Å². The number of carboxylic acids is 1. The average Bonchev–Trinajstić information content (AvgIpc) is 3.41. The fourth-order valence-corrected chi connectivity index (χ4v) is 5.08. The van der Waals surface area contributed by atoms with E-state index in [-0.39, 0.29) is 18.2 Å². The number of aryl methyl sites for hydroxylation is 2. The molecule has 2 unspecified atom stereocenters. The summed E-state index contributed by atoms with van der Waals surface area (Å²) < 4.78 is 8.50. The molecule has 2 atom stereocenters. The highest BCUT2D eigenvalue weighted by Crippen LogP contribution is 2.32. The predicted octanol–water partition coefficient (Wildman–Crippen LogP) is 4.98. The normalized spacial score (nSPS) is 13.2. The number of rotatable bonds is 7. The van der Waals surface area contributed by atoms with E-state index >= 15 is 0 Å². The lowest BCUT2D eigenvalue weighted by molar-refractivity contribution is -0.137. The highest BCUT2D eigenvalue weighted by atomic mass is 16.5. The maximum absolute atomic E-state index is 14.1. The number of hydrogen-bond acceptors (Lipinski definition) is 4. The van der Waals surface area contributed by atoms with E-state index in [9.17, 15) is 14.7 Å². The zero-order valence-corrected chi connectivity index (χ0v) is 20.6. The molecule has 3 aromatic heterocycles. The summed E-state index contributed by atoms with van der Waals surface area (Å²) in [5.41, 5.74) is 5.36. The van der Waals surface area contributed by atoms with Gasteiger partial charge in [0.1, 0.15) is 5.75 Å². The van der Waals surface area contributed by atoms with Gasteiger partial charge in [-0.15, -0.1) is 0 Å². The minimum absolute atomic E-state index is 0.262. The second-order valence-electron chi connectivity index (χ2n) is 9.12. The Morgan fingerprint density at radius 2 is 1.83 bits per heavy atom. The second kappa shape index (κ2) is 9.03. The van der Waals surface area contributed by atoms with Crippen molar-refractivity contribution >= 4 is 28.0 Å². The number of pyridine rings is 1. The van der Waals surface area contributed by atoms with E-state index in [4.69, 9.17) is 9.72 Å². The van der Waals surface area contributed by atoms with Crippen molar-refractivity contribution in [3.05, 3.63) is 93.7 Å². The van der Waals surface area contributed by atoms with E-state index in [0.717, 1.165) is 27.7 Å². The van der Waals surface area contributed by atoms with Crippen LogP contribution in [0.25, 0.3) is 22.1 Å². The summed E-state index contributed by atoms with van der Waals surface area (Å²) in [5.74, 6) is -0.350. The molecule has 0 aliphatic heterocycles. The first-order valence-corrected chi connectivity index (χ1v) is 11.8. The number of methoxy groups -OCH3 is 1. The number of aliphatic carboxylic acids is 1. The molecule has 0 fully saturated rings. The molecule has 0 amide bonds. The van der Waals surface area contributed by atoms with Gasteiger partial charge in [-0.25, -0.2) is 9.78 Å². The van der Waals surface area contributed by atoms with Gasteiger partial charge in [-0.2, -0.15) is 0 Å². The lowest BCUT2D eigenvalue weighted by Crippen LogP contribution is -2.31. The van der Waals surface area contributed by atoms with Gasteiger partial charge >= 0.3 is 11.7 Å². The van der Waals surface area contributed by atoms with Crippen molar-refractivity contribution in [2.45, 2.75) is 39.3 Å². The van der Waals surface area contributed by atoms with Crippen LogP contribution in [-0.4, -0.2) is 37.3 Å². The van der Waals surface area contributed by atoms with Gasteiger partial charge in [-0.1, -0.05) is 24.3 Å². The second-order valence-corrected chi connectivity index (χ2v) is 9.12. The van der Waals surface area contributed by atoms with Gasteiger partial charge in [0.2, 0.25) is 0 Å². The van der Waals surface area contributed by atoms with E-state index in [2.05, 4.69) is 18.0 Å². The van der Waals surface area contributed by atoms with Gasteiger partial charge in [0.15, 0.2) is 5.65 Å². The molecule has 0 saturated heterocycles. The molecule has 5 rings (SSSR count). The third kappa shape index (κ3) is 3.84. The largest absolute Gasteiger partial charge is 0.497 e. The number of aromatic nitrogens is 4. The quantitative estimate of drug-likeness (QED) is 0.339. The molecule has 0 radical (unpaired) electrons. The van der Waals surface area contributed by atoms with Gasteiger partial charge in [0, 0.05) is 28.4 Å². The van der Waals surface area contributed by atoms with Crippen LogP contribution in [0.2, 0.25) is 0 Å². The van der Waals surface area contributed by atoms with E-state index in [1.807, 2.05) is 44.3 Å². The summed E-state index contributed by atoms with van der Waals surface area (Å²) >= 11 is 0. The van der Waals surface area contributed by atoms with E-state index in [1.165, 1.54) is 4.57 Å². The van der Waals surface area contributed by atoms with Crippen LogP contribution in [0.4, 0.5) is 0 Å². The van der Waals surface area contributed by atoms with Gasteiger partial charge in [-0.3, -0.25) is 13.9 Å². The first kappa shape index (κ1) is 23.4. The molecule has 8 heteroatoms. The van der Waals surface area contributed by atoms with E-state index in [1.54, 1.807) is 35.9 Å². The molecule has 0 spiro atoms. The highest BCUT2D eigenvalue weighted by molar-refractivity contribution is 5.87. The molecular formula is C28H28N4O4. The molecule has 2 N–H and O–H groups in total. The Morgan fingerprint density at radius 1 is 1.08 bits per heavy atom. The lowest BCUT2D eigenvalue weighted by Gasteiger charge is -2.18. The first-order chi connectivity index (χ1) is 17.3. The first-order valence-electron chi connectivity index (χ1n) is 11.8. The summed E-state index contributed by atoms with van der Waals surface area (Å²) in [5, 5.41) is 10.8. The number of ether oxygens (including phenoxy) is 1. The van der Waals surface area contributed by atoms with Gasteiger partial charge in [0.05, 0.1) is 31.1 Å². The van der Waals surface area contributed by atoms with Crippen LogP contribution in [0, 0.1) is 13.8 Å². The molecule has 8 nitrogen and oxygen atoms in total. The fourth-order valence-electron chi connectivity index (χ4n) is 5.08. The molecule has 2 aromatic carbocycles. The topological polar surface area (TPSA) is 102 Å². The summed E-state index contributed by atoms with van der Waals surface area (Å²) in [7, 11) is 1.57. The van der Waals surface area contributed by atoms with Crippen molar-refractivity contribution < 1.29 is 14.6 Å². The molecule has 0 bridgehead atoms. The highest BCUT2D eigenvalue weighted by Gasteiger charge is 2.28. The third-order valence-corrected chi connectivity index (χ3v) is 6.86.